The smallest absolute Gasteiger partial charge is 0.341 e. The van der Waals surface area contributed by atoms with Crippen molar-refractivity contribution in [2.75, 3.05) is 6.61 Å². The van der Waals surface area contributed by atoms with Gasteiger partial charge in [-0.05, 0) is 51.1 Å². The van der Waals surface area contributed by atoms with Gasteiger partial charge in [0.15, 0.2) is 5.76 Å². The molecule has 194 valence electrons. The van der Waals surface area contributed by atoms with E-state index in [2.05, 4.69) is 22.1 Å². The molecule has 0 radical (unpaired) electrons. The predicted molar refractivity (Wildman–Crippen MR) is 141 cm³/mol. The fraction of sp³-hybridized carbons (Fsp3) is 0.241. The van der Waals surface area contributed by atoms with E-state index in [4.69, 9.17) is 25.6 Å². The summed E-state index contributed by atoms with van der Waals surface area (Å²) in [5.74, 6) is 5.79. The third-order valence-corrected chi connectivity index (χ3v) is 6.07. The van der Waals surface area contributed by atoms with Crippen LogP contribution in [0, 0.1) is 18.8 Å². The molecule has 0 amide bonds. The summed E-state index contributed by atoms with van der Waals surface area (Å²) in [6.07, 6.45) is 2.58. The van der Waals surface area contributed by atoms with E-state index in [0.29, 0.717) is 40.8 Å². The number of carbonyl (C=O) groups excluding carboxylic acids is 2. The molecule has 0 saturated carbocycles. The number of aromatic nitrogens is 3. The van der Waals surface area contributed by atoms with E-state index in [-0.39, 0.29) is 6.42 Å². The zero-order valence-corrected chi connectivity index (χ0v) is 22.0. The van der Waals surface area contributed by atoms with Crippen LogP contribution >= 0.6 is 11.6 Å². The van der Waals surface area contributed by atoms with Gasteiger partial charge < -0.3 is 14.0 Å². The second-order valence-electron chi connectivity index (χ2n) is 8.43. The van der Waals surface area contributed by atoms with E-state index in [1.807, 2.05) is 42.5 Å². The van der Waals surface area contributed by atoms with Gasteiger partial charge in [-0.25, -0.2) is 4.79 Å². The Morgan fingerprint density at radius 2 is 1.92 bits per heavy atom. The summed E-state index contributed by atoms with van der Waals surface area (Å²) in [6, 6.07) is 14.7. The molecule has 2 aromatic carbocycles. The van der Waals surface area contributed by atoms with Crippen LogP contribution in [0.4, 0.5) is 0 Å². The number of ether oxygens (including phenoxy) is 2. The number of hydrogen-bond acceptors (Lipinski definition) is 7. The molecular formula is C29H26ClN3O5. The molecule has 2 heterocycles. The molecule has 9 heteroatoms. The van der Waals surface area contributed by atoms with Gasteiger partial charge in [0.25, 0.3) is 0 Å². The maximum absolute atomic E-state index is 12.7. The zero-order chi connectivity index (χ0) is 27.1. The van der Waals surface area contributed by atoms with Crippen molar-refractivity contribution in [2.45, 2.75) is 39.8 Å². The van der Waals surface area contributed by atoms with Crippen LogP contribution in [0.3, 0.4) is 0 Å². The lowest BCUT2D eigenvalue weighted by Crippen LogP contribution is -2.12. The average Bonchev–Trinajstić information content (AvgIpc) is 3.52. The average molecular weight is 532 g/mol. The Morgan fingerprint density at radius 1 is 1.16 bits per heavy atom. The molecule has 0 aliphatic heterocycles. The van der Waals surface area contributed by atoms with Crippen LogP contribution in [0.2, 0.25) is 5.02 Å². The lowest BCUT2D eigenvalue weighted by Gasteiger charge is -2.15. The van der Waals surface area contributed by atoms with Crippen molar-refractivity contribution in [1.82, 2.24) is 14.9 Å². The fourth-order valence-electron chi connectivity index (χ4n) is 3.77. The standard InChI is InChI=1S/C29H26ClN3O5/c1-4-36-29(35)23-17-31-33(18-23)15-7-8-21-11-13-22(14-12-21)28-25(19(2)32-38-28)16-27(34)37-20(3)24-9-5-6-10-26(24)30/h5-6,9-14,17-18,20H,4,15-16H2,1-3H3. The largest absolute Gasteiger partial charge is 0.462 e. The van der Waals surface area contributed by atoms with Crippen LogP contribution < -0.4 is 0 Å². The molecule has 1 atom stereocenters. The van der Waals surface area contributed by atoms with Gasteiger partial charge in [-0.15, -0.1) is 0 Å². The molecule has 38 heavy (non-hydrogen) atoms. The van der Waals surface area contributed by atoms with E-state index in [9.17, 15) is 9.59 Å². The van der Waals surface area contributed by atoms with E-state index >= 15 is 0 Å². The summed E-state index contributed by atoms with van der Waals surface area (Å²) in [4.78, 5) is 24.5. The highest BCUT2D eigenvalue weighted by Crippen LogP contribution is 2.29. The number of aryl methyl sites for hydroxylation is 1. The summed E-state index contributed by atoms with van der Waals surface area (Å²) in [5.41, 5.74) is 3.97. The SMILES string of the molecule is CCOC(=O)c1cnn(CC#Cc2ccc(-c3onc(C)c3CC(=O)OC(C)c3ccccc3Cl)cc2)c1. The van der Waals surface area contributed by atoms with Crippen LogP contribution in [0.25, 0.3) is 11.3 Å². The highest BCUT2D eigenvalue weighted by atomic mass is 35.5. The Hall–Kier alpha value is -4.35. The number of carbonyl (C=O) groups is 2. The van der Waals surface area contributed by atoms with Crippen LogP contribution in [0.15, 0.2) is 65.4 Å². The van der Waals surface area contributed by atoms with E-state index in [0.717, 1.165) is 16.7 Å². The summed E-state index contributed by atoms with van der Waals surface area (Å²) in [7, 11) is 0. The molecule has 0 bridgehead atoms. The van der Waals surface area contributed by atoms with E-state index in [1.165, 1.54) is 6.20 Å². The molecular weight excluding hydrogens is 506 g/mol. The van der Waals surface area contributed by atoms with Crippen LogP contribution in [0.5, 0.6) is 0 Å². The number of benzene rings is 2. The first-order valence-electron chi connectivity index (χ1n) is 12.0. The van der Waals surface area contributed by atoms with Crippen molar-refractivity contribution in [3.8, 4) is 23.2 Å². The van der Waals surface area contributed by atoms with Crippen molar-refractivity contribution in [3.63, 3.8) is 0 Å². The van der Waals surface area contributed by atoms with E-state index in [1.54, 1.807) is 37.7 Å². The Kier molecular flexibility index (Phi) is 8.62. The fourth-order valence-corrected chi connectivity index (χ4v) is 4.06. The third-order valence-electron chi connectivity index (χ3n) is 5.72. The van der Waals surface area contributed by atoms with Gasteiger partial charge in [0.05, 0.1) is 30.5 Å². The Labute approximate surface area is 225 Å². The monoisotopic (exact) mass is 531 g/mol. The highest BCUT2D eigenvalue weighted by molar-refractivity contribution is 6.31. The summed E-state index contributed by atoms with van der Waals surface area (Å²) in [6.45, 7) is 5.95. The maximum Gasteiger partial charge on any atom is 0.341 e. The molecule has 0 aliphatic rings. The second kappa shape index (κ2) is 12.3. The first-order chi connectivity index (χ1) is 18.4. The summed E-state index contributed by atoms with van der Waals surface area (Å²) in [5, 5.41) is 8.73. The molecule has 0 spiro atoms. The Morgan fingerprint density at radius 3 is 2.66 bits per heavy atom. The number of halogens is 1. The number of hydrogen-bond donors (Lipinski definition) is 0. The zero-order valence-electron chi connectivity index (χ0n) is 21.2. The van der Waals surface area contributed by atoms with Gasteiger partial charge in [0, 0.05) is 33.5 Å². The van der Waals surface area contributed by atoms with Crippen LogP contribution in [-0.2, 0) is 27.2 Å². The second-order valence-corrected chi connectivity index (χ2v) is 8.84. The van der Waals surface area contributed by atoms with Gasteiger partial charge in [0.2, 0.25) is 0 Å². The van der Waals surface area contributed by atoms with Crippen LogP contribution in [-0.4, -0.2) is 33.5 Å². The summed E-state index contributed by atoms with van der Waals surface area (Å²) < 4.78 is 17.7. The molecule has 0 saturated heterocycles. The minimum absolute atomic E-state index is 0.0126. The van der Waals surface area contributed by atoms with Crippen molar-refractivity contribution in [1.29, 1.82) is 0 Å². The lowest BCUT2D eigenvalue weighted by molar-refractivity contribution is -0.147. The van der Waals surface area contributed by atoms with Gasteiger partial charge in [-0.3, -0.25) is 9.48 Å². The minimum Gasteiger partial charge on any atom is -0.462 e. The van der Waals surface area contributed by atoms with Gasteiger partial charge in [0.1, 0.15) is 12.6 Å². The van der Waals surface area contributed by atoms with E-state index < -0.39 is 18.0 Å². The first-order valence-corrected chi connectivity index (χ1v) is 12.4. The molecule has 2 aromatic heterocycles. The Balaban J connectivity index is 1.40. The minimum atomic E-state index is -0.490. The number of esters is 2. The van der Waals surface area contributed by atoms with Crippen molar-refractivity contribution < 1.29 is 23.6 Å². The summed E-state index contributed by atoms with van der Waals surface area (Å²) >= 11 is 6.23. The highest BCUT2D eigenvalue weighted by Gasteiger charge is 2.21. The van der Waals surface area contributed by atoms with Gasteiger partial charge >= 0.3 is 11.9 Å². The number of rotatable bonds is 8. The molecule has 0 fully saturated rings. The molecule has 1 unspecified atom stereocenters. The molecule has 4 rings (SSSR count). The van der Waals surface area contributed by atoms with Gasteiger partial charge in [-0.1, -0.05) is 46.8 Å². The Bertz CT molecular complexity index is 1490. The van der Waals surface area contributed by atoms with Crippen molar-refractivity contribution >= 4 is 23.5 Å². The third kappa shape index (κ3) is 6.50. The lowest BCUT2D eigenvalue weighted by atomic mass is 10.0. The predicted octanol–water partition coefficient (Wildman–Crippen LogP) is 5.58. The first kappa shape index (κ1) is 26.7. The quantitative estimate of drug-likeness (QED) is 0.216. The van der Waals surface area contributed by atoms with Crippen molar-refractivity contribution in [2.24, 2.45) is 0 Å². The molecule has 0 N–H and O–H groups in total. The van der Waals surface area contributed by atoms with Gasteiger partial charge in [-0.2, -0.15) is 5.10 Å². The topological polar surface area (TPSA) is 96.5 Å². The molecule has 4 aromatic rings. The number of nitrogens with zero attached hydrogens (tertiary/aromatic N) is 3. The van der Waals surface area contributed by atoms with Crippen molar-refractivity contribution in [3.05, 3.63) is 93.9 Å². The van der Waals surface area contributed by atoms with Crippen LogP contribution in [0.1, 0.15) is 52.7 Å². The maximum atomic E-state index is 12.7. The molecule has 8 nitrogen and oxygen atoms in total. The normalized spacial score (nSPS) is 11.4. The molecule has 0 aliphatic carbocycles.